The molecule has 0 saturated carbocycles. The number of thiophene rings is 1. The van der Waals surface area contributed by atoms with E-state index in [1.54, 1.807) is 11.3 Å². The predicted octanol–water partition coefficient (Wildman–Crippen LogP) is 3.52. The van der Waals surface area contributed by atoms with E-state index in [4.69, 9.17) is 14.5 Å². The molecule has 1 aromatic carbocycles. The van der Waals surface area contributed by atoms with Crippen LogP contribution in [0.3, 0.4) is 0 Å². The number of hydrogen-bond acceptors (Lipinski definition) is 5. The van der Waals surface area contributed by atoms with Gasteiger partial charge in [0.2, 0.25) is 5.91 Å². The van der Waals surface area contributed by atoms with E-state index in [-0.39, 0.29) is 5.91 Å². The maximum Gasteiger partial charge on any atom is 0.224 e. The molecule has 2 N–H and O–H groups in total. The Balaban J connectivity index is 1.37. The number of anilines is 1. The van der Waals surface area contributed by atoms with Crippen LogP contribution in [0.2, 0.25) is 0 Å². The van der Waals surface area contributed by atoms with Crippen molar-refractivity contribution in [2.45, 2.75) is 32.1 Å². The van der Waals surface area contributed by atoms with Crippen LogP contribution in [-0.4, -0.2) is 56.2 Å². The van der Waals surface area contributed by atoms with Crippen molar-refractivity contribution >= 4 is 28.9 Å². The predicted molar refractivity (Wildman–Crippen MR) is 124 cm³/mol. The number of carbonyl (C=O) groups is 1. The van der Waals surface area contributed by atoms with Gasteiger partial charge in [-0.2, -0.15) is 0 Å². The number of hydrogen-bond donors (Lipinski definition) is 2. The van der Waals surface area contributed by atoms with Gasteiger partial charge in [-0.15, -0.1) is 11.3 Å². The number of ether oxygens (including phenoxy) is 2. The summed E-state index contributed by atoms with van der Waals surface area (Å²) in [6, 6.07) is 10.00. The fraction of sp³-hybridized carbons (Fsp3) is 0.478. The Morgan fingerprint density at radius 1 is 1.10 bits per heavy atom. The largest absolute Gasteiger partial charge is 0.490 e. The minimum Gasteiger partial charge on any atom is -0.490 e. The topological polar surface area (TPSA) is 75.2 Å². The highest BCUT2D eigenvalue weighted by Gasteiger charge is 2.17. The molecule has 1 fully saturated rings. The number of benzene rings is 1. The van der Waals surface area contributed by atoms with Crippen molar-refractivity contribution in [3.8, 4) is 11.5 Å². The average molecular weight is 443 g/mol. The molecule has 2 aromatic rings. The molecule has 0 spiro atoms. The van der Waals surface area contributed by atoms with Gasteiger partial charge in [0, 0.05) is 62.1 Å². The Hall–Kier alpha value is -2.74. The minimum atomic E-state index is 0.207. The molecule has 2 aliphatic rings. The van der Waals surface area contributed by atoms with Crippen LogP contribution in [0.25, 0.3) is 0 Å². The monoisotopic (exact) mass is 442 g/mol. The Kier molecular flexibility index (Phi) is 7.65. The van der Waals surface area contributed by atoms with E-state index >= 15 is 0 Å². The van der Waals surface area contributed by atoms with E-state index in [9.17, 15) is 4.79 Å². The van der Waals surface area contributed by atoms with Gasteiger partial charge in [-0.05, 0) is 36.4 Å². The van der Waals surface area contributed by atoms with Crippen LogP contribution >= 0.6 is 11.3 Å². The van der Waals surface area contributed by atoms with Gasteiger partial charge in [0.05, 0.1) is 13.2 Å². The Bertz CT molecular complexity index is 879. The average Bonchev–Trinajstić information content (AvgIpc) is 3.45. The maximum atomic E-state index is 12.3. The zero-order valence-corrected chi connectivity index (χ0v) is 18.6. The molecule has 0 radical (unpaired) electrons. The molecule has 8 heteroatoms. The molecule has 0 atom stereocenters. The van der Waals surface area contributed by atoms with E-state index in [2.05, 4.69) is 28.1 Å². The third-order valence-electron chi connectivity index (χ3n) is 5.31. The lowest BCUT2D eigenvalue weighted by atomic mass is 10.2. The number of guanidine groups is 1. The number of aliphatic imine (C=N–C) groups is 1. The van der Waals surface area contributed by atoms with Gasteiger partial charge in [-0.1, -0.05) is 6.07 Å². The van der Waals surface area contributed by atoms with Gasteiger partial charge in [0.1, 0.15) is 0 Å². The van der Waals surface area contributed by atoms with Gasteiger partial charge >= 0.3 is 0 Å². The minimum absolute atomic E-state index is 0.207. The first-order chi connectivity index (χ1) is 15.3. The van der Waals surface area contributed by atoms with Crippen molar-refractivity contribution in [3.63, 3.8) is 0 Å². The van der Waals surface area contributed by atoms with Crippen molar-refractivity contribution in [3.05, 3.63) is 40.6 Å². The summed E-state index contributed by atoms with van der Waals surface area (Å²) in [5.74, 6) is 2.38. The Morgan fingerprint density at radius 3 is 2.74 bits per heavy atom. The number of nitrogens with zero attached hydrogens (tertiary/aromatic N) is 2. The van der Waals surface area contributed by atoms with Crippen LogP contribution in [0.5, 0.6) is 11.5 Å². The number of carbonyl (C=O) groups excluding carboxylic acids is 1. The highest BCUT2D eigenvalue weighted by atomic mass is 32.1. The first-order valence-electron chi connectivity index (χ1n) is 11.0. The van der Waals surface area contributed by atoms with Crippen molar-refractivity contribution in [2.24, 2.45) is 4.99 Å². The van der Waals surface area contributed by atoms with E-state index < -0.39 is 0 Å². The first kappa shape index (κ1) is 21.5. The van der Waals surface area contributed by atoms with E-state index in [1.165, 1.54) is 4.88 Å². The summed E-state index contributed by atoms with van der Waals surface area (Å²) >= 11 is 1.74. The Morgan fingerprint density at radius 2 is 1.94 bits per heavy atom. The molecule has 1 amide bonds. The number of nitrogens with one attached hydrogen (secondary N) is 2. The molecule has 7 nitrogen and oxygen atoms in total. The van der Waals surface area contributed by atoms with E-state index in [0.29, 0.717) is 38.7 Å². The summed E-state index contributed by atoms with van der Waals surface area (Å²) in [5, 5.41) is 8.75. The van der Waals surface area contributed by atoms with Crippen molar-refractivity contribution < 1.29 is 14.3 Å². The number of rotatable bonds is 7. The summed E-state index contributed by atoms with van der Waals surface area (Å²) < 4.78 is 11.5. The smallest absolute Gasteiger partial charge is 0.224 e. The molecule has 166 valence electrons. The highest BCUT2D eigenvalue weighted by Crippen LogP contribution is 2.32. The summed E-state index contributed by atoms with van der Waals surface area (Å²) in [4.78, 5) is 20.3. The molecule has 1 aromatic heterocycles. The Labute approximate surface area is 187 Å². The van der Waals surface area contributed by atoms with Crippen molar-refractivity contribution in [1.82, 2.24) is 10.2 Å². The summed E-state index contributed by atoms with van der Waals surface area (Å²) in [6.45, 7) is 4.30. The van der Waals surface area contributed by atoms with Gasteiger partial charge in [0.15, 0.2) is 17.5 Å². The van der Waals surface area contributed by atoms with E-state index in [1.807, 2.05) is 23.1 Å². The molecule has 0 aliphatic carbocycles. The van der Waals surface area contributed by atoms with Crippen LogP contribution in [0, 0.1) is 0 Å². The summed E-state index contributed by atoms with van der Waals surface area (Å²) in [5.41, 5.74) is 0.873. The van der Waals surface area contributed by atoms with Gasteiger partial charge in [-0.3, -0.25) is 9.79 Å². The SMILES string of the molecule is O=C(CCNC(=NCCc1cccs1)Nc1ccc2c(c1)OCCCO2)N1CCCC1. The normalized spacial score (nSPS) is 16.1. The molecule has 2 aliphatic heterocycles. The molecular formula is C23H30N4O3S. The van der Waals surface area contributed by atoms with Gasteiger partial charge < -0.3 is 25.0 Å². The van der Waals surface area contributed by atoms with Gasteiger partial charge in [-0.25, -0.2) is 0 Å². The zero-order valence-electron chi connectivity index (χ0n) is 17.8. The van der Waals surface area contributed by atoms with Gasteiger partial charge in [0.25, 0.3) is 0 Å². The van der Waals surface area contributed by atoms with Crippen LogP contribution in [0.15, 0.2) is 40.7 Å². The molecule has 4 rings (SSSR count). The van der Waals surface area contributed by atoms with Crippen LogP contribution < -0.4 is 20.1 Å². The van der Waals surface area contributed by atoms with Crippen molar-refractivity contribution in [2.75, 3.05) is 44.7 Å². The number of amides is 1. The third-order valence-corrected chi connectivity index (χ3v) is 6.24. The lowest BCUT2D eigenvalue weighted by Crippen LogP contribution is -2.35. The second-order valence-electron chi connectivity index (χ2n) is 7.66. The van der Waals surface area contributed by atoms with Crippen LogP contribution in [0.4, 0.5) is 5.69 Å². The first-order valence-corrected chi connectivity index (χ1v) is 11.9. The third kappa shape index (κ3) is 6.37. The summed E-state index contributed by atoms with van der Waals surface area (Å²) in [6.07, 6.45) is 4.45. The molecule has 31 heavy (non-hydrogen) atoms. The highest BCUT2D eigenvalue weighted by molar-refractivity contribution is 7.09. The second kappa shape index (κ2) is 11.0. The van der Waals surface area contributed by atoms with Crippen LogP contribution in [0.1, 0.15) is 30.6 Å². The number of likely N-dealkylation sites (tertiary alicyclic amines) is 1. The molecule has 3 heterocycles. The lowest BCUT2D eigenvalue weighted by molar-refractivity contribution is -0.129. The molecule has 1 saturated heterocycles. The quantitative estimate of drug-likeness (QED) is 0.507. The molecular weight excluding hydrogens is 412 g/mol. The van der Waals surface area contributed by atoms with Crippen molar-refractivity contribution in [1.29, 1.82) is 0 Å². The summed E-state index contributed by atoms with van der Waals surface area (Å²) in [7, 11) is 0. The van der Waals surface area contributed by atoms with E-state index in [0.717, 1.165) is 56.0 Å². The number of fused-ring (bicyclic) bond motifs is 1. The zero-order chi connectivity index (χ0) is 21.3. The molecule has 0 unspecified atom stereocenters. The fourth-order valence-electron chi connectivity index (χ4n) is 3.66. The standard InChI is InChI=1S/C23H30N4O3S/c28-22(27-12-1-2-13-27)9-11-25-23(24-10-8-19-5-3-16-31-19)26-18-6-7-20-21(17-18)30-15-4-14-29-20/h3,5-7,16-17H,1-2,4,8-15H2,(H2,24,25,26). The fourth-order valence-corrected chi connectivity index (χ4v) is 4.36. The maximum absolute atomic E-state index is 12.3. The second-order valence-corrected chi connectivity index (χ2v) is 8.69. The van der Waals surface area contributed by atoms with Crippen LogP contribution in [-0.2, 0) is 11.2 Å². The molecule has 0 bridgehead atoms. The lowest BCUT2D eigenvalue weighted by Gasteiger charge is -2.17.